The van der Waals surface area contributed by atoms with Gasteiger partial charge < -0.3 is 15.2 Å². The minimum absolute atomic E-state index is 0.0665. The van der Waals surface area contributed by atoms with Gasteiger partial charge in [0.25, 0.3) is 0 Å². The smallest absolute Gasteiger partial charge is 0.184 e. The third-order valence-electron chi connectivity index (χ3n) is 3.30. The van der Waals surface area contributed by atoms with Crippen molar-refractivity contribution in [3.63, 3.8) is 0 Å². The highest BCUT2D eigenvalue weighted by Gasteiger charge is 2.20. The second-order valence-corrected chi connectivity index (χ2v) is 5.04. The number of aromatic amines is 1. The summed E-state index contributed by atoms with van der Waals surface area (Å²) < 4.78 is 0. The normalized spacial score (nSPS) is 11.4. The second-order valence-electron chi connectivity index (χ2n) is 5.04. The highest BCUT2D eigenvalue weighted by atomic mass is 16.3. The van der Waals surface area contributed by atoms with Crippen molar-refractivity contribution < 1.29 is 10.2 Å². The summed E-state index contributed by atoms with van der Waals surface area (Å²) in [6, 6.07) is 0. The van der Waals surface area contributed by atoms with Crippen LogP contribution in [0, 0.1) is 0 Å². The van der Waals surface area contributed by atoms with Crippen LogP contribution in [0.5, 0.6) is 11.5 Å². The van der Waals surface area contributed by atoms with E-state index in [0.717, 1.165) is 17.8 Å². The van der Waals surface area contributed by atoms with Crippen molar-refractivity contribution in [2.24, 2.45) is 0 Å². The van der Waals surface area contributed by atoms with Gasteiger partial charge in [0, 0.05) is 17.0 Å². The summed E-state index contributed by atoms with van der Waals surface area (Å²) in [6.45, 7) is 9.87. The number of aromatic nitrogens is 2. The number of hydrogen-bond acceptors (Lipinski definition) is 3. The molecule has 2 rings (SSSR count). The maximum Gasteiger partial charge on any atom is 0.184 e. The minimum Gasteiger partial charge on any atom is -0.504 e. The lowest BCUT2D eigenvalue weighted by Crippen LogP contribution is -1.92. The lowest BCUT2D eigenvalue weighted by atomic mass is 9.99. The van der Waals surface area contributed by atoms with Gasteiger partial charge in [-0.15, -0.1) is 0 Å². The first-order chi connectivity index (χ1) is 9.01. The Hall–Kier alpha value is -1.97. The molecule has 0 atom stereocenters. The predicted octanol–water partition coefficient (Wildman–Crippen LogP) is 3.69. The van der Waals surface area contributed by atoms with E-state index in [0.29, 0.717) is 23.0 Å². The fourth-order valence-corrected chi connectivity index (χ4v) is 2.29. The molecular formula is C15H20N2O2. The topological polar surface area (TPSA) is 69.1 Å². The maximum absolute atomic E-state index is 10.1. The minimum atomic E-state index is -0.122. The molecule has 2 aromatic rings. The Morgan fingerprint density at radius 2 is 2.00 bits per heavy atom. The number of imidazole rings is 1. The van der Waals surface area contributed by atoms with E-state index < -0.39 is 0 Å². The average molecular weight is 260 g/mol. The first-order valence-electron chi connectivity index (χ1n) is 6.60. The van der Waals surface area contributed by atoms with Crippen molar-refractivity contribution in [2.45, 2.75) is 39.5 Å². The van der Waals surface area contributed by atoms with Crippen LogP contribution in [0.1, 0.15) is 50.1 Å². The van der Waals surface area contributed by atoms with Crippen LogP contribution in [0.2, 0.25) is 0 Å². The Morgan fingerprint density at radius 1 is 1.32 bits per heavy atom. The lowest BCUT2D eigenvalue weighted by molar-refractivity contribution is 0.402. The molecule has 0 aliphatic carbocycles. The van der Waals surface area contributed by atoms with E-state index in [2.05, 4.69) is 16.5 Å². The third kappa shape index (κ3) is 2.07. The molecule has 0 amide bonds. The molecule has 4 nitrogen and oxygen atoms in total. The van der Waals surface area contributed by atoms with Crippen molar-refractivity contribution in [3.05, 3.63) is 23.5 Å². The Labute approximate surface area is 112 Å². The highest BCUT2D eigenvalue weighted by Crippen LogP contribution is 2.40. The van der Waals surface area contributed by atoms with E-state index in [4.69, 9.17) is 0 Å². The van der Waals surface area contributed by atoms with Gasteiger partial charge in [0.15, 0.2) is 11.5 Å². The molecule has 4 heteroatoms. The Bertz CT molecular complexity index is 627. The van der Waals surface area contributed by atoms with Gasteiger partial charge in [-0.3, -0.25) is 0 Å². The Balaban J connectivity index is 2.83. The number of aromatic hydroxyl groups is 2. The summed E-state index contributed by atoms with van der Waals surface area (Å²) in [4.78, 5) is 7.61. The standard InChI is InChI=1S/C15H20N2O2/c1-5-7-10-9(6-2)11-12(14(19)13(10)18)17-15(16-11)8(3)4/h6,8,18-19H,2,5,7H2,1,3-4H3,(H,16,17). The van der Waals surface area contributed by atoms with Gasteiger partial charge in [0.05, 0.1) is 0 Å². The van der Waals surface area contributed by atoms with Gasteiger partial charge >= 0.3 is 0 Å². The average Bonchev–Trinajstić information content (AvgIpc) is 2.81. The van der Waals surface area contributed by atoms with Gasteiger partial charge in [0.2, 0.25) is 0 Å². The molecule has 0 fully saturated rings. The SMILES string of the molecule is C=Cc1c(CCC)c(O)c(O)c2[nH]c(C(C)C)nc12. The van der Waals surface area contributed by atoms with Crippen LogP contribution in [0.3, 0.4) is 0 Å². The van der Waals surface area contributed by atoms with E-state index in [1.54, 1.807) is 6.08 Å². The summed E-state index contributed by atoms with van der Waals surface area (Å²) in [6.07, 6.45) is 3.25. The molecule has 1 aromatic carbocycles. The van der Waals surface area contributed by atoms with Crippen molar-refractivity contribution in [1.82, 2.24) is 9.97 Å². The van der Waals surface area contributed by atoms with Crippen molar-refractivity contribution in [1.29, 1.82) is 0 Å². The lowest BCUT2D eigenvalue weighted by Gasteiger charge is -2.10. The summed E-state index contributed by atoms with van der Waals surface area (Å²) in [5, 5.41) is 20.3. The zero-order valence-corrected chi connectivity index (χ0v) is 11.6. The van der Waals surface area contributed by atoms with E-state index >= 15 is 0 Å². The van der Waals surface area contributed by atoms with Crippen LogP contribution >= 0.6 is 0 Å². The summed E-state index contributed by atoms with van der Waals surface area (Å²) >= 11 is 0. The molecule has 1 aromatic heterocycles. The Morgan fingerprint density at radius 3 is 2.53 bits per heavy atom. The first kappa shape index (κ1) is 13.5. The molecule has 0 saturated carbocycles. The van der Waals surface area contributed by atoms with Gasteiger partial charge in [-0.1, -0.05) is 39.8 Å². The zero-order chi connectivity index (χ0) is 14.2. The molecule has 102 valence electrons. The molecule has 0 bridgehead atoms. The maximum atomic E-state index is 10.1. The summed E-state index contributed by atoms with van der Waals surface area (Å²) in [5.41, 5.74) is 2.67. The number of hydrogen-bond donors (Lipinski definition) is 3. The van der Waals surface area contributed by atoms with Crippen molar-refractivity contribution in [3.8, 4) is 11.5 Å². The molecule has 0 unspecified atom stereocenters. The molecule has 0 spiro atoms. The highest BCUT2D eigenvalue weighted by molar-refractivity contribution is 5.93. The molecule has 19 heavy (non-hydrogen) atoms. The Kier molecular flexibility index (Phi) is 3.51. The van der Waals surface area contributed by atoms with Gasteiger partial charge in [-0.05, 0) is 6.42 Å². The van der Waals surface area contributed by atoms with Crippen LogP contribution in [-0.2, 0) is 6.42 Å². The molecule has 0 aliphatic heterocycles. The molecular weight excluding hydrogens is 240 g/mol. The zero-order valence-electron chi connectivity index (χ0n) is 11.6. The van der Waals surface area contributed by atoms with Gasteiger partial charge in [-0.2, -0.15) is 0 Å². The number of fused-ring (bicyclic) bond motifs is 1. The predicted molar refractivity (Wildman–Crippen MR) is 77.6 cm³/mol. The second kappa shape index (κ2) is 4.96. The number of benzene rings is 1. The number of nitrogens with one attached hydrogen (secondary N) is 1. The van der Waals surface area contributed by atoms with Crippen LogP contribution in [-0.4, -0.2) is 20.2 Å². The fraction of sp³-hybridized carbons (Fsp3) is 0.400. The molecule has 0 radical (unpaired) electrons. The third-order valence-corrected chi connectivity index (χ3v) is 3.30. The van der Waals surface area contributed by atoms with Crippen LogP contribution in [0.4, 0.5) is 0 Å². The van der Waals surface area contributed by atoms with Crippen LogP contribution in [0.15, 0.2) is 6.58 Å². The van der Waals surface area contributed by atoms with Gasteiger partial charge in [-0.25, -0.2) is 4.98 Å². The van der Waals surface area contributed by atoms with Crippen LogP contribution < -0.4 is 0 Å². The number of nitrogens with zero attached hydrogens (tertiary/aromatic N) is 1. The largest absolute Gasteiger partial charge is 0.504 e. The van der Waals surface area contributed by atoms with E-state index in [-0.39, 0.29) is 17.4 Å². The van der Waals surface area contributed by atoms with Crippen LogP contribution in [0.25, 0.3) is 17.1 Å². The number of phenols is 2. The number of H-pyrrole nitrogens is 1. The number of phenolic OH excluding ortho intramolecular Hbond substituents is 2. The summed E-state index contributed by atoms with van der Waals surface area (Å²) in [5.74, 6) is 0.828. The molecule has 1 heterocycles. The number of rotatable bonds is 4. The summed E-state index contributed by atoms with van der Waals surface area (Å²) in [7, 11) is 0. The van der Waals surface area contributed by atoms with E-state index in [1.165, 1.54) is 0 Å². The first-order valence-corrected chi connectivity index (χ1v) is 6.60. The monoisotopic (exact) mass is 260 g/mol. The molecule has 3 N–H and O–H groups in total. The quantitative estimate of drug-likeness (QED) is 0.734. The van der Waals surface area contributed by atoms with E-state index in [1.807, 2.05) is 20.8 Å². The van der Waals surface area contributed by atoms with Crippen molar-refractivity contribution >= 4 is 17.1 Å². The molecule has 0 saturated heterocycles. The van der Waals surface area contributed by atoms with E-state index in [9.17, 15) is 10.2 Å². The van der Waals surface area contributed by atoms with Crippen molar-refractivity contribution in [2.75, 3.05) is 0 Å². The van der Waals surface area contributed by atoms with Gasteiger partial charge in [0.1, 0.15) is 16.9 Å². The fourth-order valence-electron chi connectivity index (χ4n) is 2.29. The molecule has 0 aliphatic rings.